The summed E-state index contributed by atoms with van der Waals surface area (Å²) in [6.07, 6.45) is 2.26. The molecule has 1 saturated heterocycles. The first kappa shape index (κ1) is 15.1. The zero-order chi connectivity index (χ0) is 14.6. The predicted octanol–water partition coefficient (Wildman–Crippen LogP) is 2.92. The van der Waals surface area contributed by atoms with Crippen LogP contribution in [-0.4, -0.2) is 33.0 Å². The summed E-state index contributed by atoms with van der Waals surface area (Å²) in [4.78, 5) is 0. The van der Waals surface area contributed by atoms with E-state index in [2.05, 4.69) is 19.2 Å². The van der Waals surface area contributed by atoms with Crippen LogP contribution < -0.4 is 14.8 Å². The van der Waals surface area contributed by atoms with Gasteiger partial charge in [0.05, 0.1) is 19.8 Å². The largest absolute Gasteiger partial charge is 0.497 e. The number of benzene rings is 1. The highest BCUT2D eigenvalue weighted by Crippen LogP contribution is 2.30. The van der Waals surface area contributed by atoms with E-state index in [0.717, 1.165) is 43.1 Å². The van der Waals surface area contributed by atoms with Gasteiger partial charge in [0.1, 0.15) is 11.5 Å². The predicted molar refractivity (Wildman–Crippen MR) is 79.6 cm³/mol. The molecule has 0 aliphatic carbocycles. The van der Waals surface area contributed by atoms with Crippen LogP contribution in [0.3, 0.4) is 0 Å². The molecule has 20 heavy (non-hydrogen) atoms. The number of hydrogen-bond donors (Lipinski definition) is 1. The lowest BCUT2D eigenvalue weighted by atomic mass is 10.0. The summed E-state index contributed by atoms with van der Waals surface area (Å²) in [5.41, 5.74) is 1.06. The molecule has 0 saturated carbocycles. The van der Waals surface area contributed by atoms with Crippen LogP contribution in [0.25, 0.3) is 0 Å². The molecule has 0 aromatic heterocycles. The van der Waals surface area contributed by atoms with Gasteiger partial charge in [-0.25, -0.2) is 0 Å². The molecule has 0 spiro atoms. The van der Waals surface area contributed by atoms with Crippen molar-refractivity contribution in [2.45, 2.75) is 38.3 Å². The lowest BCUT2D eigenvalue weighted by Gasteiger charge is -2.26. The van der Waals surface area contributed by atoms with Crippen LogP contribution in [0.15, 0.2) is 18.2 Å². The van der Waals surface area contributed by atoms with Gasteiger partial charge >= 0.3 is 0 Å². The van der Waals surface area contributed by atoms with Crippen molar-refractivity contribution in [3.63, 3.8) is 0 Å². The highest BCUT2D eigenvalue weighted by Gasteiger charge is 2.30. The molecule has 1 aliphatic heterocycles. The van der Waals surface area contributed by atoms with Crippen molar-refractivity contribution >= 4 is 0 Å². The Morgan fingerprint density at radius 2 is 2.15 bits per heavy atom. The van der Waals surface area contributed by atoms with Crippen LogP contribution in [-0.2, 0) is 4.74 Å². The minimum atomic E-state index is -0.0413. The van der Waals surface area contributed by atoms with E-state index < -0.39 is 0 Å². The number of methoxy groups -OCH3 is 2. The van der Waals surface area contributed by atoms with E-state index in [1.165, 1.54) is 0 Å². The molecule has 2 rings (SSSR count). The Morgan fingerprint density at radius 1 is 1.35 bits per heavy atom. The molecule has 4 heteroatoms. The molecule has 0 radical (unpaired) electrons. The van der Waals surface area contributed by atoms with E-state index in [0.29, 0.717) is 0 Å². The summed E-state index contributed by atoms with van der Waals surface area (Å²) in [7, 11) is 3.37. The summed E-state index contributed by atoms with van der Waals surface area (Å²) >= 11 is 0. The first-order chi connectivity index (χ1) is 9.58. The highest BCUT2D eigenvalue weighted by atomic mass is 16.5. The molecule has 4 nitrogen and oxygen atoms in total. The van der Waals surface area contributed by atoms with Gasteiger partial charge in [0.2, 0.25) is 0 Å². The third kappa shape index (κ3) is 3.44. The van der Waals surface area contributed by atoms with E-state index in [4.69, 9.17) is 14.2 Å². The summed E-state index contributed by atoms with van der Waals surface area (Å²) in [5.74, 6) is 1.72. The fourth-order valence-electron chi connectivity index (χ4n) is 2.63. The van der Waals surface area contributed by atoms with Crippen molar-refractivity contribution in [2.75, 3.05) is 27.4 Å². The molecule has 112 valence electrons. The van der Waals surface area contributed by atoms with E-state index >= 15 is 0 Å². The van der Waals surface area contributed by atoms with Crippen molar-refractivity contribution in [3.05, 3.63) is 23.8 Å². The third-order valence-electron chi connectivity index (χ3n) is 3.99. The number of hydrogen-bond acceptors (Lipinski definition) is 4. The fourth-order valence-corrected chi connectivity index (χ4v) is 2.63. The highest BCUT2D eigenvalue weighted by molar-refractivity contribution is 5.42. The van der Waals surface area contributed by atoms with Gasteiger partial charge in [-0.2, -0.15) is 0 Å². The maximum Gasteiger partial charge on any atom is 0.123 e. The standard InChI is InChI=1S/C16H25NO3/c1-12(17-11-16(2)8-5-9-20-16)14-10-13(18-3)6-7-15(14)19-4/h6-7,10,12,17H,5,8-9,11H2,1-4H3. The van der Waals surface area contributed by atoms with Gasteiger partial charge in [-0.1, -0.05) is 0 Å². The van der Waals surface area contributed by atoms with E-state index in [9.17, 15) is 0 Å². The second-order valence-corrected chi connectivity index (χ2v) is 5.61. The van der Waals surface area contributed by atoms with Crippen LogP contribution in [0.5, 0.6) is 11.5 Å². The Balaban J connectivity index is 2.05. The Morgan fingerprint density at radius 3 is 2.75 bits per heavy atom. The molecule has 1 aromatic rings. The maximum atomic E-state index is 5.81. The quantitative estimate of drug-likeness (QED) is 0.869. The smallest absolute Gasteiger partial charge is 0.123 e. The van der Waals surface area contributed by atoms with Gasteiger partial charge in [0.25, 0.3) is 0 Å². The van der Waals surface area contributed by atoms with Crippen molar-refractivity contribution < 1.29 is 14.2 Å². The Labute approximate surface area is 121 Å². The minimum absolute atomic E-state index is 0.0413. The van der Waals surface area contributed by atoms with Gasteiger partial charge in [-0.15, -0.1) is 0 Å². The molecule has 1 aromatic carbocycles. The molecule has 2 atom stereocenters. The molecular formula is C16H25NO3. The van der Waals surface area contributed by atoms with Gasteiger partial charge in [0, 0.05) is 24.8 Å². The number of rotatable bonds is 6. The lowest BCUT2D eigenvalue weighted by Crippen LogP contribution is -2.38. The first-order valence-corrected chi connectivity index (χ1v) is 7.17. The van der Waals surface area contributed by atoms with Crippen LogP contribution in [0, 0.1) is 0 Å². The van der Waals surface area contributed by atoms with Crippen molar-refractivity contribution in [1.29, 1.82) is 0 Å². The monoisotopic (exact) mass is 279 g/mol. The molecule has 0 bridgehead atoms. The maximum absolute atomic E-state index is 5.81. The zero-order valence-electron chi connectivity index (χ0n) is 12.9. The number of nitrogens with one attached hydrogen (secondary N) is 1. The molecule has 1 heterocycles. The molecule has 1 fully saturated rings. The van der Waals surface area contributed by atoms with Crippen LogP contribution >= 0.6 is 0 Å². The van der Waals surface area contributed by atoms with E-state index in [-0.39, 0.29) is 11.6 Å². The molecular weight excluding hydrogens is 254 g/mol. The lowest BCUT2D eigenvalue weighted by molar-refractivity contribution is 0.0190. The zero-order valence-corrected chi connectivity index (χ0v) is 12.9. The fraction of sp³-hybridized carbons (Fsp3) is 0.625. The summed E-state index contributed by atoms with van der Waals surface area (Å²) < 4.78 is 16.5. The van der Waals surface area contributed by atoms with Gasteiger partial charge in [-0.3, -0.25) is 0 Å². The molecule has 0 amide bonds. The van der Waals surface area contributed by atoms with Crippen molar-refractivity contribution in [1.82, 2.24) is 5.32 Å². The van der Waals surface area contributed by atoms with Gasteiger partial charge in [-0.05, 0) is 44.9 Å². The average molecular weight is 279 g/mol. The molecule has 2 unspecified atom stereocenters. The van der Waals surface area contributed by atoms with E-state index in [1.54, 1.807) is 14.2 Å². The summed E-state index contributed by atoms with van der Waals surface area (Å²) in [5, 5.41) is 3.55. The SMILES string of the molecule is COc1ccc(OC)c(C(C)NCC2(C)CCCO2)c1. The van der Waals surface area contributed by atoms with Crippen molar-refractivity contribution in [3.8, 4) is 11.5 Å². The average Bonchev–Trinajstić information content (AvgIpc) is 2.91. The van der Waals surface area contributed by atoms with Gasteiger partial charge < -0.3 is 19.5 Å². The number of ether oxygens (including phenoxy) is 3. The summed E-state index contributed by atoms with van der Waals surface area (Å²) in [6.45, 7) is 6.02. The normalized spacial score (nSPS) is 23.6. The second-order valence-electron chi connectivity index (χ2n) is 5.61. The van der Waals surface area contributed by atoms with E-state index in [1.807, 2.05) is 18.2 Å². The van der Waals surface area contributed by atoms with Crippen LogP contribution in [0.1, 0.15) is 38.3 Å². The van der Waals surface area contributed by atoms with Crippen LogP contribution in [0.2, 0.25) is 0 Å². The third-order valence-corrected chi connectivity index (χ3v) is 3.99. The summed E-state index contributed by atoms with van der Waals surface area (Å²) in [6, 6.07) is 6.06. The molecule has 1 N–H and O–H groups in total. The Kier molecular flexibility index (Phi) is 4.89. The van der Waals surface area contributed by atoms with Gasteiger partial charge in [0.15, 0.2) is 0 Å². The first-order valence-electron chi connectivity index (χ1n) is 7.17. The Hall–Kier alpha value is -1.26. The molecule has 1 aliphatic rings. The second kappa shape index (κ2) is 6.46. The topological polar surface area (TPSA) is 39.7 Å². The minimum Gasteiger partial charge on any atom is -0.497 e. The van der Waals surface area contributed by atoms with Crippen LogP contribution in [0.4, 0.5) is 0 Å². The Bertz CT molecular complexity index is 441. The van der Waals surface area contributed by atoms with Crippen molar-refractivity contribution in [2.24, 2.45) is 0 Å².